The van der Waals surface area contributed by atoms with Crippen LogP contribution in [0.3, 0.4) is 0 Å². The van der Waals surface area contributed by atoms with Gasteiger partial charge in [-0.05, 0) is 37.8 Å². The molecule has 1 fully saturated rings. The van der Waals surface area contributed by atoms with E-state index in [1.54, 1.807) is 22.5 Å². The molecule has 23 heavy (non-hydrogen) atoms. The molecular weight excluding hydrogens is 316 g/mol. The Labute approximate surface area is 137 Å². The average Bonchev–Trinajstić information content (AvgIpc) is 2.79. The number of sulfonamides is 1. The molecule has 2 N–H and O–H groups in total. The smallest absolute Gasteiger partial charge is 0.243 e. The van der Waals surface area contributed by atoms with Gasteiger partial charge in [0.15, 0.2) is 11.5 Å². The zero-order valence-corrected chi connectivity index (χ0v) is 14.2. The van der Waals surface area contributed by atoms with Gasteiger partial charge >= 0.3 is 0 Å². The highest BCUT2D eigenvalue weighted by molar-refractivity contribution is 7.89. The van der Waals surface area contributed by atoms with Crippen LogP contribution >= 0.6 is 0 Å². The number of ether oxygens (including phenoxy) is 2. The first-order valence-electron chi connectivity index (χ1n) is 8.14. The van der Waals surface area contributed by atoms with E-state index in [0.29, 0.717) is 43.7 Å². The second kappa shape index (κ2) is 6.67. The predicted octanol–water partition coefficient (Wildman–Crippen LogP) is 1.60. The highest BCUT2D eigenvalue weighted by Crippen LogP contribution is 2.33. The molecule has 1 aromatic carbocycles. The third kappa shape index (κ3) is 3.46. The van der Waals surface area contributed by atoms with E-state index >= 15 is 0 Å². The maximum absolute atomic E-state index is 12.8. The Hall–Kier alpha value is -1.31. The molecule has 0 amide bonds. The van der Waals surface area contributed by atoms with Crippen LogP contribution in [0.15, 0.2) is 23.1 Å². The SMILES string of the molecule is CC(N)C1CCN(S(=O)(=O)c2ccc3c(c2)OCCCO3)CC1. The maximum atomic E-state index is 12.8. The number of hydrogen-bond donors (Lipinski definition) is 1. The Bertz CT molecular complexity index is 652. The number of hydrogen-bond acceptors (Lipinski definition) is 5. The van der Waals surface area contributed by atoms with Crippen molar-refractivity contribution in [3.63, 3.8) is 0 Å². The molecular formula is C16H24N2O4S. The number of piperidine rings is 1. The molecule has 0 aromatic heterocycles. The van der Waals surface area contributed by atoms with E-state index in [1.165, 1.54) is 0 Å². The lowest BCUT2D eigenvalue weighted by molar-refractivity contribution is 0.250. The van der Waals surface area contributed by atoms with Gasteiger partial charge in [-0.1, -0.05) is 0 Å². The summed E-state index contributed by atoms with van der Waals surface area (Å²) in [7, 11) is -3.50. The minimum absolute atomic E-state index is 0.109. The van der Waals surface area contributed by atoms with Crippen molar-refractivity contribution in [1.29, 1.82) is 0 Å². The molecule has 2 aliphatic rings. The third-order valence-electron chi connectivity index (χ3n) is 4.60. The van der Waals surface area contributed by atoms with Crippen LogP contribution in [-0.4, -0.2) is 45.1 Å². The van der Waals surface area contributed by atoms with Gasteiger partial charge in [-0.15, -0.1) is 0 Å². The van der Waals surface area contributed by atoms with Gasteiger partial charge in [0.2, 0.25) is 10.0 Å². The van der Waals surface area contributed by atoms with Gasteiger partial charge in [0.05, 0.1) is 18.1 Å². The summed E-state index contributed by atoms with van der Waals surface area (Å²) in [6.45, 7) is 4.14. The molecule has 1 unspecified atom stereocenters. The molecule has 7 heteroatoms. The number of benzene rings is 1. The van der Waals surface area contributed by atoms with E-state index in [-0.39, 0.29) is 10.9 Å². The summed E-state index contributed by atoms with van der Waals surface area (Å²) >= 11 is 0. The summed E-state index contributed by atoms with van der Waals surface area (Å²) < 4.78 is 38.4. The van der Waals surface area contributed by atoms with Gasteiger partial charge in [0.1, 0.15) is 0 Å². The van der Waals surface area contributed by atoms with Crippen molar-refractivity contribution in [2.75, 3.05) is 26.3 Å². The predicted molar refractivity (Wildman–Crippen MR) is 87.2 cm³/mol. The van der Waals surface area contributed by atoms with Crippen molar-refractivity contribution in [3.8, 4) is 11.5 Å². The van der Waals surface area contributed by atoms with Crippen molar-refractivity contribution in [3.05, 3.63) is 18.2 Å². The van der Waals surface area contributed by atoms with E-state index < -0.39 is 10.0 Å². The highest BCUT2D eigenvalue weighted by atomic mass is 32.2. The van der Waals surface area contributed by atoms with Crippen LogP contribution in [0.2, 0.25) is 0 Å². The van der Waals surface area contributed by atoms with Crippen LogP contribution in [0.1, 0.15) is 26.2 Å². The van der Waals surface area contributed by atoms with E-state index in [4.69, 9.17) is 15.2 Å². The molecule has 1 saturated heterocycles. The first kappa shape index (κ1) is 16.5. The topological polar surface area (TPSA) is 81.9 Å². The first-order valence-corrected chi connectivity index (χ1v) is 9.58. The molecule has 0 aliphatic carbocycles. The molecule has 2 heterocycles. The zero-order valence-electron chi connectivity index (χ0n) is 13.4. The van der Waals surface area contributed by atoms with Crippen LogP contribution in [0.25, 0.3) is 0 Å². The van der Waals surface area contributed by atoms with Crippen molar-refractivity contribution < 1.29 is 17.9 Å². The van der Waals surface area contributed by atoms with E-state index in [9.17, 15) is 8.42 Å². The van der Waals surface area contributed by atoms with Crippen LogP contribution in [0.4, 0.5) is 0 Å². The molecule has 0 radical (unpaired) electrons. The summed E-state index contributed by atoms with van der Waals surface area (Å²) in [6, 6.07) is 4.97. The fraction of sp³-hybridized carbons (Fsp3) is 0.625. The fourth-order valence-corrected chi connectivity index (χ4v) is 4.58. The summed E-state index contributed by atoms with van der Waals surface area (Å²) in [5.74, 6) is 1.51. The van der Waals surface area contributed by atoms with Crippen LogP contribution < -0.4 is 15.2 Å². The number of nitrogens with two attached hydrogens (primary N) is 1. The molecule has 0 saturated carbocycles. The largest absolute Gasteiger partial charge is 0.490 e. The second-order valence-electron chi connectivity index (χ2n) is 6.26. The number of fused-ring (bicyclic) bond motifs is 1. The molecule has 0 bridgehead atoms. The summed E-state index contributed by atoms with van der Waals surface area (Å²) in [4.78, 5) is 0.265. The van der Waals surface area contributed by atoms with Gasteiger partial charge in [-0.2, -0.15) is 4.31 Å². The molecule has 1 aromatic rings. The minimum atomic E-state index is -3.50. The van der Waals surface area contributed by atoms with Crippen LogP contribution in [-0.2, 0) is 10.0 Å². The van der Waals surface area contributed by atoms with Gasteiger partial charge in [-0.3, -0.25) is 0 Å². The highest BCUT2D eigenvalue weighted by Gasteiger charge is 2.31. The Morgan fingerprint density at radius 1 is 1.17 bits per heavy atom. The third-order valence-corrected chi connectivity index (χ3v) is 6.49. The Morgan fingerprint density at radius 3 is 2.48 bits per heavy atom. The molecule has 128 valence electrons. The van der Waals surface area contributed by atoms with Crippen molar-refractivity contribution in [1.82, 2.24) is 4.31 Å². The molecule has 1 atom stereocenters. The normalized spacial score (nSPS) is 21.7. The van der Waals surface area contributed by atoms with Crippen molar-refractivity contribution in [2.45, 2.75) is 37.1 Å². The number of rotatable bonds is 3. The van der Waals surface area contributed by atoms with Crippen LogP contribution in [0.5, 0.6) is 11.5 Å². The van der Waals surface area contributed by atoms with Gasteiger partial charge < -0.3 is 15.2 Å². The van der Waals surface area contributed by atoms with Crippen LogP contribution in [0, 0.1) is 5.92 Å². The Kier molecular flexibility index (Phi) is 4.79. The Morgan fingerprint density at radius 2 is 1.83 bits per heavy atom. The number of nitrogens with zero attached hydrogens (tertiary/aromatic N) is 1. The monoisotopic (exact) mass is 340 g/mol. The quantitative estimate of drug-likeness (QED) is 0.904. The summed E-state index contributed by atoms with van der Waals surface area (Å²) in [5.41, 5.74) is 5.93. The standard InChI is InChI=1S/C16H24N2O4S/c1-12(17)13-5-7-18(8-6-13)23(19,20)14-3-4-15-16(11-14)22-10-2-9-21-15/h3-4,11-13H,2,5-10,17H2,1H3. The molecule has 3 rings (SSSR count). The van der Waals surface area contributed by atoms with E-state index in [0.717, 1.165) is 19.3 Å². The first-order chi connectivity index (χ1) is 11.0. The zero-order chi connectivity index (χ0) is 16.4. The van der Waals surface area contributed by atoms with Crippen molar-refractivity contribution >= 4 is 10.0 Å². The second-order valence-corrected chi connectivity index (χ2v) is 8.20. The minimum Gasteiger partial charge on any atom is -0.490 e. The molecule has 6 nitrogen and oxygen atoms in total. The van der Waals surface area contributed by atoms with Gasteiger partial charge in [0, 0.05) is 31.6 Å². The summed E-state index contributed by atoms with van der Waals surface area (Å²) in [6.07, 6.45) is 2.41. The van der Waals surface area contributed by atoms with Gasteiger partial charge in [0.25, 0.3) is 0 Å². The Balaban J connectivity index is 1.79. The maximum Gasteiger partial charge on any atom is 0.243 e. The van der Waals surface area contributed by atoms with Gasteiger partial charge in [-0.25, -0.2) is 8.42 Å². The van der Waals surface area contributed by atoms with E-state index in [1.807, 2.05) is 6.92 Å². The molecule has 2 aliphatic heterocycles. The van der Waals surface area contributed by atoms with E-state index in [2.05, 4.69) is 0 Å². The summed E-state index contributed by atoms with van der Waals surface area (Å²) in [5, 5.41) is 0. The lowest BCUT2D eigenvalue weighted by Crippen LogP contribution is -2.42. The average molecular weight is 340 g/mol. The lowest BCUT2D eigenvalue weighted by atomic mass is 9.92. The van der Waals surface area contributed by atoms with Crippen molar-refractivity contribution in [2.24, 2.45) is 11.7 Å². The fourth-order valence-electron chi connectivity index (χ4n) is 3.10. The molecule has 0 spiro atoms. The lowest BCUT2D eigenvalue weighted by Gasteiger charge is -2.33.